The lowest BCUT2D eigenvalue weighted by Crippen LogP contribution is -2.35. The number of anilines is 2. The summed E-state index contributed by atoms with van der Waals surface area (Å²) in [7, 11) is 0. The Morgan fingerprint density at radius 3 is 2.61 bits per heavy atom. The fourth-order valence-electron chi connectivity index (χ4n) is 6.39. The highest BCUT2D eigenvalue weighted by molar-refractivity contribution is 6.04. The Kier molecular flexibility index (Phi) is 4.34. The third kappa shape index (κ3) is 3.13. The number of rotatable bonds is 3. The van der Waals surface area contributed by atoms with Gasteiger partial charge in [-0.2, -0.15) is 0 Å². The monoisotopic (exact) mass is 412 g/mol. The molecule has 2 aliphatic carbocycles. The highest BCUT2D eigenvalue weighted by atomic mass is 19.1. The third-order valence-electron chi connectivity index (χ3n) is 7.59. The first-order valence-corrected chi connectivity index (χ1v) is 11.2. The predicted molar refractivity (Wildman–Crippen MR) is 121 cm³/mol. The molecule has 31 heavy (non-hydrogen) atoms. The molecule has 2 N–H and O–H groups in total. The van der Waals surface area contributed by atoms with E-state index in [2.05, 4.69) is 47.0 Å². The minimum absolute atomic E-state index is 0.196. The van der Waals surface area contributed by atoms with Crippen LogP contribution in [-0.2, 0) is 0 Å². The molecule has 3 aliphatic rings. The maximum absolute atomic E-state index is 13.5. The second kappa shape index (κ2) is 7.23. The summed E-state index contributed by atoms with van der Waals surface area (Å²) in [6, 6.07) is 23.1. The second-order valence-electron chi connectivity index (χ2n) is 9.24. The van der Waals surface area contributed by atoms with Gasteiger partial charge in [0.25, 0.3) is 5.91 Å². The number of halogens is 1. The van der Waals surface area contributed by atoms with Crippen molar-refractivity contribution < 1.29 is 9.18 Å². The van der Waals surface area contributed by atoms with Crippen LogP contribution in [0.25, 0.3) is 0 Å². The summed E-state index contributed by atoms with van der Waals surface area (Å²) in [5.41, 5.74) is 4.87. The van der Waals surface area contributed by atoms with Crippen molar-refractivity contribution in [1.29, 1.82) is 0 Å². The van der Waals surface area contributed by atoms with Gasteiger partial charge in [-0.05, 0) is 90.5 Å². The van der Waals surface area contributed by atoms with E-state index in [1.165, 1.54) is 42.5 Å². The van der Waals surface area contributed by atoms with Gasteiger partial charge in [-0.1, -0.05) is 36.4 Å². The molecule has 2 saturated carbocycles. The van der Waals surface area contributed by atoms with Gasteiger partial charge in [-0.25, -0.2) is 4.39 Å². The van der Waals surface area contributed by atoms with Crippen LogP contribution in [0.15, 0.2) is 72.8 Å². The molecule has 2 bridgehead atoms. The Balaban J connectivity index is 1.35. The van der Waals surface area contributed by atoms with Crippen LogP contribution in [0.5, 0.6) is 0 Å². The molecule has 3 aromatic rings. The Morgan fingerprint density at radius 2 is 1.77 bits per heavy atom. The van der Waals surface area contributed by atoms with Gasteiger partial charge in [-0.3, -0.25) is 4.79 Å². The van der Waals surface area contributed by atoms with Crippen molar-refractivity contribution in [3.63, 3.8) is 0 Å². The molecule has 4 heteroatoms. The summed E-state index contributed by atoms with van der Waals surface area (Å²) in [6.45, 7) is 0. The van der Waals surface area contributed by atoms with Crippen molar-refractivity contribution in [2.45, 2.75) is 31.2 Å². The zero-order valence-electron chi connectivity index (χ0n) is 17.2. The Bertz CT molecular complexity index is 1140. The predicted octanol–water partition coefficient (Wildman–Crippen LogP) is 6.37. The third-order valence-corrected chi connectivity index (χ3v) is 7.59. The fourth-order valence-corrected chi connectivity index (χ4v) is 6.39. The first-order valence-electron chi connectivity index (χ1n) is 11.2. The van der Waals surface area contributed by atoms with Gasteiger partial charge < -0.3 is 10.6 Å². The molecule has 0 spiro atoms. The van der Waals surface area contributed by atoms with Crippen molar-refractivity contribution >= 4 is 17.3 Å². The van der Waals surface area contributed by atoms with E-state index in [4.69, 9.17) is 0 Å². The first kappa shape index (κ1) is 18.6. The molecule has 0 radical (unpaired) electrons. The Hall–Kier alpha value is -3.14. The van der Waals surface area contributed by atoms with E-state index in [0.717, 1.165) is 11.6 Å². The maximum atomic E-state index is 13.5. The number of carbonyl (C=O) groups excluding carboxylic acids is 1. The number of carbonyl (C=O) groups is 1. The molecule has 1 aliphatic heterocycles. The topological polar surface area (TPSA) is 41.1 Å². The lowest BCUT2D eigenvalue weighted by molar-refractivity contribution is 0.102. The quantitative estimate of drug-likeness (QED) is 0.524. The van der Waals surface area contributed by atoms with Gasteiger partial charge in [-0.15, -0.1) is 0 Å². The van der Waals surface area contributed by atoms with E-state index in [1.54, 1.807) is 12.1 Å². The van der Waals surface area contributed by atoms with Gasteiger partial charge in [0.15, 0.2) is 0 Å². The van der Waals surface area contributed by atoms with E-state index < -0.39 is 0 Å². The van der Waals surface area contributed by atoms with E-state index in [9.17, 15) is 9.18 Å². The number of hydrogen-bond acceptors (Lipinski definition) is 2. The van der Waals surface area contributed by atoms with E-state index in [0.29, 0.717) is 35.0 Å². The molecule has 1 heterocycles. The van der Waals surface area contributed by atoms with E-state index in [1.807, 2.05) is 12.1 Å². The molecule has 3 aromatic carbocycles. The fraction of sp³-hybridized carbons (Fsp3) is 0.296. The lowest BCUT2D eigenvalue weighted by atomic mass is 9.68. The SMILES string of the molecule is O=C(Nc1cccc(F)c1)c1ccc2c(c1)[C@@H]1[C@H]3CC[C@@H](C3)[C@@H]1[C@@H](c1ccccc1)N2. The van der Waals surface area contributed by atoms with Crippen LogP contribution in [0, 0.1) is 23.6 Å². The minimum atomic E-state index is -0.357. The smallest absolute Gasteiger partial charge is 0.255 e. The average Bonchev–Trinajstić information content (AvgIpc) is 3.42. The summed E-state index contributed by atoms with van der Waals surface area (Å²) >= 11 is 0. The van der Waals surface area contributed by atoms with Crippen LogP contribution in [0.3, 0.4) is 0 Å². The molecule has 5 atom stereocenters. The summed E-state index contributed by atoms with van der Waals surface area (Å²) < 4.78 is 13.5. The molecule has 156 valence electrons. The summed E-state index contributed by atoms with van der Waals surface area (Å²) in [4.78, 5) is 12.9. The van der Waals surface area contributed by atoms with Gasteiger partial charge in [0, 0.05) is 16.9 Å². The second-order valence-corrected chi connectivity index (χ2v) is 9.24. The number of amides is 1. The van der Waals surface area contributed by atoms with Gasteiger partial charge in [0.2, 0.25) is 0 Å². The summed E-state index contributed by atoms with van der Waals surface area (Å²) in [6.07, 6.45) is 3.89. The van der Waals surface area contributed by atoms with Crippen LogP contribution in [0.1, 0.15) is 52.7 Å². The Labute approximate surface area is 181 Å². The Morgan fingerprint density at radius 1 is 0.935 bits per heavy atom. The standard InChI is InChI=1S/C27H25FN2O/c28-20-7-4-8-21(15-20)29-27(31)19-11-12-23-22(14-19)24-17-9-10-18(13-17)25(24)26(30-23)16-5-2-1-3-6-16/h1-8,11-12,14-15,17-18,24-26,30H,9-10,13H2,(H,29,31)/t17-,18-,24-,25-,26+/m0/s1. The molecule has 1 amide bonds. The van der Waals surface area contributed by atoms with Crippen LogP contribution >= 0.6 is 0 Å². The number of hydrogen-bond donors (Lipinski definition) is 2. The summed E-state index contributed by atoms with van der Waals surface area (Å²) in [5.74, 6) is 1.94. The largest absolute Gasteiger partial charge is 0.378 e. The van der Waals surface area contributed by atoms with Crippen LogP contribution in [-0.4, -0.2) is 5.91 Å². The van der Waals surface area contributed by atoms with Gasteiger partial charge in [0.05, 0.1) is 6.04 Å². The highest BCUT2D eigenvalue weighted by Crippen LogP contribution is 2.63. The van der Waals surface area contributed by atoms with Crippen molar-refractivity contribution in [1.82, 2.24) is 0 Å². The molecule has 3 nitrogen and oxygen atoms in total. The van der Waals surface area contributed by atoms with Gasteiger partial charge in [0.1, 0.15) is 5.82 Å². The van der Waals surface area contributed by atoms with Crippen LogP contribution in [0.2, 0.25) is 0 Å². The number of nitrogens with one attached hydrogen (secondary N) is 2. The highest BCUT2D eigenvalue weighted by Gasteiger charge is 2.53. The van der Waals surface area contributed by atoms with E-state index >= 15 is 0 Å². The molecule has 0 unspecified atom stereocenters. The molecular formula is C27H25FN2O. The molecule has 2 fully saturated rings. The minimum Gasteiger partial charge on any atom is -0.378 e. The van der Waals surface area contributed by atoms with Gasteiger partial charge >= 0.3 is 0 Å². The maximum Gasteiger partial charge on any atom is 0.255 e. The summed E-state index contributed by atoms with van der Waals surface area (Å²) in [5, 5.41) is 6.65. The van der Waals surface area contributed by atoms with Crippen molar-refractivity contribution in [3.05, 3.63) is 95.3 Å². The number of benzene rings is 3. The zero-order chi connectivity index (χ0) is 20.9. The van der Waals surface area contributed by atoms with E-state index in [-0.39, 0.29) is 11.7 Å². The van der Waals surface area contributed by atoms with Crippen molar-refractivity contribution in [2.75, 3.05) is 10.6 Å². The lowest BCUT2D eigenvalue weighted by Gasteiger charge is -2.43. The molecule has 0 saturated heterocycles. The normalized spacial score (nSPS) is 27.8. The van der Waals surface area contributed by atoms with Crippen LogP contribution < -0.4 is 10.6 Å². The zero-order valence-corrected chi connectivity index (χ0v) is 17.2. The molecule has 6 rings (SSSR count). The average molecular weight is 413 g/mol. The van der Waals surface area contributed by atoms with Crippen molar-refractivity contribution in [2.24, 2.45) is 17.8 Å². The van der Waals surface area contributed by atoms with Crippen LogP contribution in [0.4, 0.5) is 15.8 Å². The van der Waals surface area contributed by atoms with Crippen molar-refractivity contribution in [3.8, 4) is 0 Å². The molecular weight excluding hydrogens is 387 g/mol. The molecule has 0 aromatic heterocycles. The first-order chi connectivity index (χ1) is 15.2. The number of fused-ring (bicyclic) bond motifs is 7.